The molecule has 2 aromatic rings. The number of aryl methyl sites for hydroxylation is 1. The first kappa shape index (κ1) is 26.2. The second-order valence-corrected chi connectivity index (χ2v) is 9.85. The van der Waals surface area contributed by atoms with E-state index in [1.807, 2.05) is 31.2 Å². The lowest BCUT2D eigenvalue weighted by atomic mass is 10.1. The number of methoxy groups -OCH3 is 1. The molecule has 1 N–H and O–H groups in total. The molecule has 180 valence electrons. The summed E-state index contributed by atoms with van der Waals surface area (Å²) in [7, 11) is -0.513. The Hall–Kier alpha value is -3.07. The van der Waals surface area contributed by atoms with Crippen LogP contribution in [0.15, 0.2) is 48.5 Å². The van der Waals surface area contributed by atoms with Crippen LogP contribution in [0.1, 0.15) is 30.9 Å². The SMILES string of the molecule is CNC(=O)C(C)N(Cc1cccc(C)c1)C(=O)CCCN(c1cccc(OC)c1)S(C)(=O)=O. The number of ether oxygens (including phenoxy) is 1. The number of nitrogens with zero attached hydrogens (tertiary/aromatic N) is 2. The summed E-state index contributed by atoms with van der Waals surface area (Å²) in [6.45, 7) is 4.08. The first-order valence-electron chi connectivity index (χ1n) is 10.7. The lowest BCUT2D eigenvalue weighted by Crippen LogP contribution is -2.46. The minimum absolute atomic E-state index is 0.100. The quantitative estimate of drug-likeness (QED) is 0.539. The molecule has 0 aliphatic rings. The van der Waals surface area contributed by atoms with E-state index in [9.17, 15) is 18.0 Å². The predicted octanol–water partition coefficient (Wildman–Crippen LogP) is 2.71. The first-order chi connectivity index (χ1) is 15.6. The topological polar surface area (TPSA) is 96.0 Å². The number of hydrogen-bond acceptors (Lipinski definition) is 5. The smallest absolute Gasteiger partial charge is 0.242 e. The van der Waals surface area contributed by atoms with E-state index in [4.69, 9.17) is 4.74 Å². The molecule has 2 aromatic carbocycles. The number of rotatable bonds is 11. The fourth-order valence-electron chi connectivity index (χ4n) is 3.57. The molecule has 0 spiro atoms. The van der Waals surface area contributed by atoms with Crippen LogP contribution in [0.4, 0.5) is 5.69 Å². The highest BCUT2D eigenvalue weighted by molar-refractivity contribution is 7.92. The van der Waals surface area contributed by atoms with E-state index in [-0.39, 0.29) is 24.8 Å². The number of carbonyl (C=O) groups excluding carboxylic acids is 2. The van der Waals surface area contributed by atoms with Gasteiger partial charge in [0, 0.05) is 32.6 Å². The van der Waals surface area contributed by atoms with Crippen molar-refractivity contribution in [3.05, 3.63) is 59.7 Å². The van der Waals surface area contributed by atoms with E-state index in [1.165, 1.54) is 23.4 Å². The Kier molecular flexibility index (Phi) is 9.28. The van der Waals surface area contributed by atoms with Crippen molar-refractivity contribution in [2.75, 3.05) is 31.3 Å². The van der Waals surface area contributed by atoms with E-state index in [1.54, 1.807) is 31.2 Å². The highest BCUT2D eigenvalue weighted by Gasteiger charge is 2.26. The van der Waals surface area contributed by atoms with Crippen molar-refractivity contribution < 1.29 is 22.7 Å². The minimum atomic E-state index is -3.56. The molecule has 0 fully saturated rings. The van der Waals surface area contributed by atoms with Gasteiger partial charge in [-0.1, -0.05) is 35.9 Å². The van der Waals surface area contributed by atoms with E-state index >= 15 is 0 Å². The Morgan fingerprint density at radius 3 is 2.42 bits per heavy atom. The van der Waals surface area contributed by atoms with E-state index in [2.05, 4.69) is 5.32 Å². The first-order valence-corrected chi connectivity index (χ1v) is 12.6. The molecule has 1 atom stereocenters. The third-order valence-corrected chi connectivity index (χ3v) is 6.54. The van der Waals surface area contributed by atoms with Crippen molar-refractivity contribution in [2.24, 2.45) is 0 Å². The van der Waals surface area contributed by atoms with Crippen LogP contribution in [0.5, 0.6) is 5.75 Å². The zero-order valence-corrected chi connectivity index (χ0v) is 20.7. The third-order valence-electron chi connectivity index (χ3n) is 5.34. The molecular weight excluding hydrogens is 442 g/mol. The van der Waals surface area contributed by atoms with Gasteiger partial charge in [-0.05, 0) is 38.0 Å². The average Bonchev–Trinajstić information content (AvgIpc) is 2.78. The maximum Gasteiger partial charge on any atom is 0.242 e. The molecule has 0 saturated carbocycles. The van der Waals surface area contributed by atoms with Gasteiger partial charge in [-0.25, -0.2) is 8.42 Å². The Morgan fingerprint density at radius 1 is 1.12 bits per heavy atom. The molecule has 0 aliphatic heterocycles. The van der Waals surface area contributed by atoms with Crippen LogP contribution in [0, 0.1) is 6.92 Å². The van der Waals surface area contributed by atoms with Gasteiger partial charge in [0.2, 0.25) is 21.8 Å². The maximum atomic E-state index is 13.1. The van der Waals surface area contributed by atoms with Gasteiger partial charge < -0.3 is 15.0 Å². The number of likely N-dealkylation sites (N-methyl/N-ethyl adjacent to an activating group) is 1. The summed E-state index contributed by atoms with van der Waals surface area (Å²) in [6.07, 6.45) is 1.53. The molecule has 0 heterocycles. The molecule has 2 amide bonds. The van der Waals surface area contributed by atoms with Crippen LogP contribution < -0.4 is 14.4 Å². The van der Waals surface area contributed by atoms with Gasteiger partial charge >= 0.3 is 0 Å². The second-order valence-electron chi connectivity index (χ2n) is 7.94. The van der Waals surface area contributed by atoms with E-state index < -0.39 is 16.1 Å². The Morgan fingerprint density at radius 2 is 1.82 bits per heavy atom. The highest BCUT2D eigenvalue weighted by Crippen LogP contribution is 2.24. The number of anilines is 1. The Bertz CT molecular complexity index is 1070. The summed E-state index contributed by atoms with van der Waals surface area (Å²) < 4.78 is 31.2. The van der Waals surface area contributed by atoms with Gasteiger partial charge in [-0.15, -0.1) is 0 Å². The summed E-state index contributed by atoms with van der Waals surface area (Å²) in [4.78, 5) is 26.9. The van der Waals surface area contributed by atoms with Crippen LogP contribution in [-0.4, -0.2) is 58.1 Å². The third kappa shape index (κ3) is 7.49. The van der Waals surface area contributed by atoms with E-state index in [0.29, 0.717) is 24.4 Å². The number of amides is 2. The minimum Gasteiger partial charge on any atom is -0.497 e. The monoisotopic (exact) mass is 475 g/mol. The Balaban J connectivity index is 2.15. The molecule has 2 rings (SSSR count). The fourth-order valence-corrected chi connectivity index (χ4v) is 4.53. The van der Waals surface area contributed by atoms with E-state index in [0.717, 1.165) is 17.4 Å². The molecule has 33 heavy (non-hydrogen) atoms. The van der Waals surface area contributed by atoms with Gasteiger partial charge in [-0.2, -0.15) is 0 Å². The molecular formula is C24H33N3O5S. The molecule has 1 unspecified atom stereocenters. The molecule has 0 aliphatic carbocycles. The zero-order chi connectivity index (χ0) is 24.6. The average molecular weight is 476 g/mol. The predicted molar refractivity (Wildman–Crippen MR) is 130 cm³/mol. The highest BCUT2D eigenvalue weighted by atomic mass is 32.2. The number of carbonyl (C=O) groups is 2. The molecule has 9 heteroatoms. The normalized spacial score (nSPS) is 12.0. The summed E-state index contributed by atoms with van der Waals surface area (Å²) in [5.41, 5.74) is 2.46. The van der Waals surface area contributed by atoms with Crippen molar-refractivity contribution in [3.63, 3.8) is 0 Å². The van der Waals surface area contributed by atoms with Gasteiger partial charge in [0.25, 0.3) is 0 Å². The van der Waals surface area contributed by atoms with Gasteiger partial charge in [0.05, 0.1) is 19.1 Å². The van der Waals surface area contributed by atoms with Crippen LogP contribution in [-0.2, 0) is 26.2 Å². The van der Waals surface area contributed by atoms with Crippen LogP contribution in [0.3, 0.4) is 0 Å². The fraction of sp³-hybridized carbons (Fsp3) is 0.417. The standard InChI is InChI=1S/C24H33N3O5S/c1-18-9-6-10-20(15-18)17-26(19(2)24(29)25-3)23(28)13-8-14-27(33(5,30)31)21-11-7-12-22(16-21)32-4/h6-7,9-12,15-16,19H,8,13-14,17H2,1-5H3,(H,25,29). The van der Waals surface area contributed by atoms with Crippen molar-refractivity contribution in [3.8, 4) is 5.75 Å². The molecule has 0 bridgehead atoms. The lowest BCUT2D eigenvalue weighted by Gasteiger charge is -2.29. The summed E-state index contributed by atoms with van der Waals surface area (Å²) >= 11 is 0. The zero-order valence-electron chi connectivity index (χ0n) is 19.9. The van der Waals surface area contributed by atoms with Gasteiger partial charge in [0.15, 0.2) is 0 Å². The summed E-state index contributed by atoms with van der Waals surface area (Å²) in [6, 6.07) is 13.9. The van der Waals surface area contributed by atoms with Gasteiger partial charge in [-0.3, -0.25) is 13.9 Å². The largest absolute Gasteiger partial charge is 0.497 e. The maximum absolute atomic E-state index is 13.1. The van der Waals surface area contributed by atoms with Crippen LogP contribution in [0.2, 0.25) is 0 Å². The number of nitrogens with one attached hydrogen (secondary N) is 1. The Labute approximate surface area is 196 Å². The summed E-state index contributed by atoms with van der Waals surface area (Å²) in [5, 5.41) is 2.59. The number of hydrogen-bond donors (Lipinski definition) is 1. The van der Waals surface area contributed by atoms with Gasteiger partial charge in [0.1, 0.15) is 11.8 Å². The van der Waals surface area contributed by atoms with Crippen LogP contribution >= 0.6 is 0 Å². The van der Waals surface area contributed by atoms with Crippen molar-refractivity contribution in [1.29, 1.82) is 0 Å². The summed E-state index contributed by atoms with van der Waals surface area (Å²) in [5.74, 6) is 0.0674. The van der Waals surface area contributed by atoms with Crippen LogP contribution in [0.25, 0.3) is 0 Å². The molecule has 0 saturated heterocycles. The van der Waals surface area contributed by atoms with Crippen molar-refractivity contribution in [1.82, 2.24) is 10.2 Å². The molecule has 8 nitrogen and oxygen atoms in total. The molecule has 0 aromatic heterocycles. The molecule has 0 radical (unpaired) electrons. The van der Waals surface area contributed by atoms with Crippen molar-refractivity contribution >= 4 is 27.5 Å². The van der Waals surface area contributed by atoms with Crippen molar-refractivity contribution in [2.45, 2.75) is 39.3 Å². The second kappa shape index (κ2) is 11.7. The lowest BCUT2D eigenvalue weighted by molar-refractivity contribution is -0.140. The number of sulfonamides is 1. The number of benzene rings is 2.